The Balaban J connectivity index is 2.58. The Hall–Kier alpha value is -0.160. The summed E-state index contributed by atoms with van der Waals surface area (Å²) >= 11 is 0. The van der Waals surface area contributed by atoms with Gasteiger partial charge in [0.05, 0.1) is 6.54 Å². The molecule has 0 fully saturated rings. The summed E-state index contributed by atoms with van der Waals surface area (Å²) in [5.74, 6) is 0. The average Bonchev–Trinajstić information content (AvgIpc) is 2.14. The standard InChI is InChI=1S/C6H10NP/c1-5-2-6(4-8)7-3-5/h2H,3-4,8H2,1H3. The molecule has 44 valence electrons. The summed E-state index contributed by atoms with van der Waals surface area (Å²) in [5, 5.41) is 0. The monoisotopic (exact) mass is 127 g/mol. The molecule has 0 N–H and O–H groups in total. The number of rotatable bonds is 1. The Morgan fingerprint density at radius 1 is 1.88 bits per heavy atom. The van der Waals surface area contributed by atoms with Gasteiger partial charge in [-0.15, -0.1) is 9.24 Å². The zero-order valence-corrected chi connectivity index (χ0v) is 6.17. The molecule has 2 heteroatoms. The van der Waals surface area contributed by atoms with Gasteiger partial charge in [0.25, 0.3) is 0 Å². The molecule has 0 saturated carbocycles. The molecule has 0 bridgehead atoms. The van der Waals surface area contributed by atoms with Crippen molar-refractivity contribution < 1.29 is 0 Å². The maximum absolute atomic E-state index is 4.24. The van der Waals surface area contributed by atoms with Gasteiger partial charge in [0.2, 0.25) is 0 Å². The minimum atomic E-state index is 0.920. The molecule has 1 heterocycles. The van der Waals surface area contributed by atoms with E-state index in [9.17, 15) is 0 Å². The zero-order chi connectivity index (χ0) is 5.98. The van der Waals surface area contributed by atoms with Crippen LogP contribution in [0, 0.1) is 0 Å². The molecule has 8 heavy (non-hydrogen) atoms. The van der Waals surface area contributed by atoms with E-state index in [1.165, 1.54) is 11.3 Å². The molecule has 1 atom stereocenters. The van der Waals surface area contributed by atoms with Crippen LogP contribution in [0.4, 0.5) is 0 Å². The second-order valence-electron chi connectivity index (χ2n) is 2.00. The van der Waals surface area contributed by atoms with E-state index in [0.717, 1.165) is 12.7 Å². The van der Waals surface area contributed by atoms with Gasteiger partial charge in [-0.25, -0.2) is 0 Å². The fourth-order valence-corrected chi connectivity index (χ4v) is 0.972. The number of hydrogen-bond donors (Lipinski definition) is 0. The third-order valence-corrected chi connectivity index (χ3v) is 1.57. The molecule has 0 spiro atoms. The molecule has 0 radical (unpaired) electrons. The van der Waals surface area contributed by atoms with E-state index in [-0.39, 0.29) is 0 Å². The van der Waals surface area contributed by atoms with Crippen molar-refractivity contribution in [2.45, 2.75) is 6.92 Å². The van der Waals surface area contributed by atoms with Gasteiger partial charge in [-0.2, -0.15) is 0 Å². The summed E-state index contributed by atoms with van der Waals surface area (Å²) in [6.07, 6.45) is 3.14. The van der Waals surface area contributed by atoms with Crippen molar-refractivity contribution in [3.05, 3.63) is 11.6 Å². The highest BCUT2D eigenvalue weighted by Crippen LogP contribution is 2.04. The highest BCUT2D eigenvalue weighted by atomic mass is 31.0. The highest BCUT2D eigenvalue weighted by molar-refractivity contribution is 7.18. The fourth-order valence-electron chi connectivity index (χ4n) is 0.725. The predicted octanol–water partition coefficient (Wildman–Crippen LogP) is 1.26. The minimum Gasteiger partial charge on any atom is -0.285 e. The summed E-state index contributed by atoms with van der Waals surface area (Å²) < 4.78 is 0. The molecule has 0 amide bonds. The van der Waals surface area contributed by atoms with Crippen molar-refractivity contribution in [1.82, 2.24) is 0 Å². The molecule has 0 aromatic rings. The minimum absolute atomic E-state index is 0.920. The number of nitrogens with zero attached hydrogens (tertiary/aromatic N) is 1. The van der Waals surface area contributed by atoms with E-state index in [4.69, 9.17) is 0 Å². The van der Waals surface area contributed by atoms with E-state index in [1.807, 2.05) is 0 Å². The van der Waals surface area contributed by atoms with Crippen LogP contribution in [-0.2, 0) is 0 Å². The van der Waals surface area contributed by atoms with E-state index >= 15 is 0 Å². The van der Waals surface area contributed by atoms with Gasteiger partial charge in [-0.3, -0.25) is 4.99 Å². The lowest BCUT2D eigenvalue weighted by molar-refractivity contribution is 1.17. The molecular weight excluding hydrogens is 117 g/mol. The van der Waals surface area contributed by atoms with Crippen molar-refractivity contribution >= 4 is 15.0 Å². The van der Waals surface area contributed by atoms with Crippen LogP contribution in [0.1, 0.15) is 6.92 Å². The van der Waals surface area contributed by atoms with Gasteiger partial charge < -0.3 is 0 Å². The van der Waals surface area contributed by atoms with Gasteiger partial charge in [0.15, 0.2) is 0 Å². The smallest absolute Gasteiger partial charge is 0.0604 e. The summed E-state index contributed by atoms with van der Waals surface area (Å²) in [4.78, 5) is 4.24. The number of aliphatic imine (C=N–C) groups is 1. The van der Waals surface area contributed by atoms with Crippen LogP contribution in [0.25, 0.3) is 0 Å². The highest BCUT2D eigenvalue weighted by Gasteiger charge is 1.99. The lowest BCUT2D eigenvalue weighted by atomic mass is 10.3. The molecule has 1 unspecified atom stereocenters. The molecule has 0 saturated heterocycles. The summed E-state index contributed by atoms with van der Waals surface area (Å²) in [7, 11) is 2.66. The second kappa shape index (κ2) is 2.41. The SMILES string of the molecule is CC1=CC(CP)=NC1. The van der Waals surface area contributed by atoms with Crippen molar-refractivity contribution in [3.63, 3.8) is 0 Å². The van der Waals surface area contributed by atoms with Gasteiger partial charge >= 0.3 is 0 Å². The van der Waals surface area contributed by atoms with Crippen LogP contribution in [0.2, 0.25) is 0 Å². The Morgan fingerprint density at radius 3 is 2.88 bits per heavy atom. The van der Waals surface area contributed by atoms with Crippen molar-refractivity contribution in [2.75, 3.05) is 12.7 Å². The van der Waals surface area contributed by atoms with Crippen LogP contribution in [0.5, 0.6) is 0 Å². The molecule has 0 aromatic heterocycles. The first-order chi connectivity index (χ1) is 3.83. The van der Waals surface area contributed by atoms with Gasteiger partial charge in [-0.1, -0.05) is 5.57 Å². The summed E-state index contributed by atoms with van der Waals surface area (Å²) in [6, 6.07) is 0. The molecular formula is C6H10NP. The number of hydrogen-bond acceptors (Lipinski definition) is 1. The van der Waals surface area contributed by atoms with Crippen molar-refractivity contribution in [1.29, 1.82) is 0 Å². The molecule has 0 aliphatic carbocycles. The summed E-state index contributed by atoms with van der Waals surface area (Å²) in [5.41, 5.74) is 2.59. The fraction of sp³-hybridized carbons (Fsp3) is 0.500. The predicted molar refractivity (Wildman–Crippen MR) is 40.6 cm³/mol. The normalized spacial score (nSPS) is 18.2. The Bertz CT molecular complexity index is 147. The molecule has 1 nitrogen and oxygen atoms in total. The van der Waals surface area contributed by atoms with Crippen molar-refractivity contribution in [2.24, 2.45) is 4.99 Å². The molecule has 1 aliphatic heterocycles. The third-order valence-electron chi connectivity index (χ3n) is 1.15. The van der Waals surface area contributed by atoms with E-state index in [2.05, 4.69) is 27.2 Å². The van der Waals surface area contributed by atoms with Crippen molar-refractivity contribution in [3.8, 4) is 0 Å². The molecule has 1 aliphatic rings. The zero-order valence-electron chi connectivity index (χ0n) is 5.02. The maximum Gasteiger partial charge on any atom is 0.0604 e. The van der Waals surface area contributed by atoms with Crippen LogP contribution in [-0.4, -0.2) is 18.4 Å². The Kier molecular flexibility index (Phi) is 1.80. The number of allylic oxidation sites excluding steroid dienone is 1. The first kappa shape index (κ1) is 5.97. The molecule has 0 aromatic carbocycles. The second-order valence-corrected chi connectivity index (χ2v) is 2.41. The lowest BCUT2D eigenvalue weighted by Gasteiger charge is -1.83. The average molecular weight is 127 g/mol. The maximum atomic E-state index is 4.24. The van der Waals surface area contributed by atoms with E-state index < -0.39 is 0 Å². The molecule has 1 rings (SSSR count). The van der Waals surface area contributed by atoms with Gasteiger partial charge in [0.1, 0.15) is 0 Å². The summed E-state index contributed by atoms with van der Waals surface area (Å²) in [6.45, 7) is 3.03. The first-order valence-electron chi connectivity index (χ1n) is 2.73. The largest absolute Gasteiger partial charge is 0.285 e. The van der Waals surface area contributed by atoms with Crippen LogP contribution < -0.4 is 0 Å². The van der Waals surface area contributed by atoms with E-state index in [1.54, 1.807) is 0 Å². The quantitative estimate of drug-likeness (QED) is 0.470. The Labute approximate surface area is 52.1 Å². The first-order valence-corrected chi connectivity index (χ1v) is 3.55. The van der Waals surface area contributed by atoms with Crippen LogP contribution >= 0.6 is 9.24 Å². The van der Waals surface area contributed by atoms with E-state index in [0.29, 0.717) is 0 Å². The lowest BCUT2D eigenvalue weighted by Crippen LogP contribution is -1.88. The third kappa shape index (κ3) is 1.16. The Morgan fingerprint density at radius 2 is 2.62 bits per heavy atom. The van der Waals surface area contributed by atoms with Gasteiger partial charge in [0, 0.05) is 11.9 Å². The van der Waals surface area contributed by atoms with Crippen LogP contribution in [0.3, 0.4) is 0 Å². The van der Waals surface area contributed by atoms with Gasteiger partial charge in [-0.05, 0) is 13.0 Å². The topological polar surface area (TPSA) is 12.4 Å². The van der Waals surface area contributed by atoms with Crippen LogP contribution in [0.15, 0.2) is 16.6 Å².